The van der Waals surface area contributed by atoms with Crippen LogP contribution >= 0.6 is 11.8 Å². The van der Waals surface area contributed by atoms with E-state index < -0.39 is 0 Å². The molecule has 122 valence electrons. The Morgan fingerprint density at radius 2 is 1.65 bits per heavy atom. The molecule has 2 aromatic rings. The third-order valence-corrected chi connectivity index (χ3v) is 4.52. The highest BCUT2D eigenvalue weighted by molar-refractivity contribution is 7.98. The Balaban J connectivity index is 2.45. The summed E-state index contributed by atoms with van der Waals surface area (Å²) in [6.07, 6.45) is 6.51. The number of hydrogen-bond acceptors (Lipinski definition) is 3. The van der Waals surface area contributed by atoms with Gasteiger partial charge in [-0.05, 0) is 59.7 Å². The summed E-state index contributed by atoms with van der Waals surface area (Å²) in [7, 11) is 3.40. The normalized spacial score (nSPS) is 11.4. The topological polar surface area (TPSA) is 18.5 Å². The first kappa shape index (κ1) is 17.5. The summed E-state index contributed by atoms with van der Waals surface area (Å²) >= 11 is 1.77. The van der Waals surface area contributed by atoms with Gasteiger partial charge in [0.15, 0.2) is 0 Å². The van der Waals surface area contributed by atoms with Crippen LogP contribution in [0.3, 0.4) is 0 Å². The van der Waals surface area contributed by atoms with Gasteiger partial charge in [-0.1, -0.05) is 31.6 Å². The molecule has 0 aliphatic heterocycles. The van der Waals surface area contributed by atoms with Crippen molar-refractivity contribution in [3.05, 3.63) is 53.6 Å². The number of rotatable bonds is 7. The number of benzene rings is 2. The molecule has 0 saturated carbocycles. The Bertz CT molecular complexity index is 660. The van der Waals surface area contributed by atoms with Crippen molar-refractivity contribution in [3.63, 3.8) is 0 Å². The van der Waals surface area contributed by atoms with Gasteiger partial charge in [0.1, 0.15) is 11.5 Å². The molecular weight excluding hydrogens is 304 g/mol. The number of hydrogen-bond donors (Lipinski definition) is 0. The fraction of sp³-hybridized carbons (Fsp3) is 0.300. The van der Waals surface area contributed by atoms with Crippen molar-refractivity contribution >= 4 is 23.4 Å². The van der Waals surface area contributed by atoms with Crippen LogP contribution in [0.15, 0.2) is 47.4 Å². The second kappa shape index (κ2) is 8.68. The molecule has 0 heterocycles. The van der Waals surface area contributed by atoms with E-state index in [1.807, 2.05) is 18.2 Å². The lowest BCUT2D eigenvalue weighted by molar-refractivity contribution is 0.414. The maximum absolute atomic E-state index is 5.41. The van der Waals surface area contributed by atoms with E-state index in [0.717, 1.165) is 24.3 Å². The summed E-state index contributed by atoms with van der Waals surface area (Å²) < 4.78 is 10.6. The number of methoxy groups -OCH3 is 2. The SMILES string of the molecule is CCCC(=Cc1ccc(OC)cc1)c1cc(OC)ccc1SC. The van der Waals surface area contributed by atoms with Crippen molar-refractivity contribution < 1.29 is 9.47 Å². The molecule has 23 heavy (non-hydrogen) atoms. The lowest BCUT2D eigenvalue weighted by atomic mass is 9.98. The monoisotopic (exact) mass is 328 g/mol. The minimum absolute atomic E-state index is 0.880. The van der Waals surface area contributed by atoms with Crippen molar-refractivity contribution in [1.82, 2.24) is 0 Å². The number of ether oxygens (including phenoxy) is 2. The summed E-state index contributed by atoms with van der Waals surface area (Å²) in [5.41, 5.74) is 3.78. The average molecular weight is 328 g/mol. The first-order valence-corrected chi connectivity index (χ1v) is 9.01. The van der Waals surface area contributed by atoms with Crippen LogP contribution in [0.1, 0.15) is 30.9 Å². The van der Waals surface area contributed by atoms with Crippen LogP contribution in [-0.2, 0) is 0 Å². The molecule has 0 N–H and O–H groups in total. The van der Waals surface area contributed by atoms with E-state index in [1.165, 1.54) is 21.6 Å². The standard InChI is InChI=1S/C20H24O2S/c1-5-6-16(13-15-7-9-17(21-2)10-8-15)19-14-18(22-3)11-12-20(19)23-4/h7-14H,5-6H2,1-4H3. The van der Waals surface area contributed by atoms with E-state index in [9.17, 15) is 0 Å². The largest absolute Gasteiger partial charge is 0.497 e. The molecule has 0 unspecified atom stereocenters. The van der Waals surface area contributed by atoms with Gasteiger partial charge in [0.05, 0.1) is 14.2 Å². The Labute approximate surface area is 143 Å². The highest BCUT2D eigenvalue weighted by atomic mass is 32.2. The third-order valence-electron chi connectivity index (χ3n) is 3.73. The van der Waals surface area contributed by atoms with Gasteiger partial charge < -0.3 is 9.47 Å². The summed E-state index contributed by atoms with van der Waals surface area (Å²) in [5.74, 6) is 1.78. The molecular formula is C20H24O2S. The van der Waals surface area contributed by atoms with Crippen molar-refractivity contribution in [1.29, 1.82) is 0 Å². The predicted octanol–water partition coefficient (Wildman–Crippen LogP) is 5.77. The quantitative estimate of drug-likeness (QED) is 0.475. The highest BCUT2D eigenvalue weighted by Crippen LogP contribution is 2.34. The van der Waals surface area contributed by atoms with Crippen molar-refractivity contribution in [3.8, 4) is 11.5 Å². The van der Waals surface area contributed by atoms with Crippen LogP contribution in [0.5, 0.6) is 11.5 Å². The van der Waals surface area contributed by atoms with Gasteiger partial charge in [0.25, 0.3) is 0 Å². The van der Waals surface area contributed by atoms with Crippen LogP contribution in [0.2, 0.25) is 0 Å². The van der Waals surface area contributed by atoms with E-state index in [1.54, 1.807) is 26.0 Å². The maximum atomic E-state index is 5.41. The zero-order chi connectivity index (χ0) is 16.7. The first-order valence-electron chi connectivity index (χ1n) is 7.78. The van der Waals surface area contributed by atoms with Gasteiger partial charge in [-0.15, -0.1) is 11.8 Å². The van der Waals surface area contributed by atoms with Crippen LogP contribution in [0.25, 0.3) is 11.6 Å². The molecule has 2 nitrogen and oxygen atoms in total. The molecule has 0 amide bonds. The molecule has 0 atom stereocenters. The molecule has 0 aromatic heterocycles. The van der Waals surface area contributed by atoms with Gasteiger partial charge >= 0.3 is 0 Å². The summed E-state index contributed by atoms with van der Waals surface area (Å²) in [4.78, 5) is 1.28. The van der Waals surface area contributed by atoms with E-state index in [4.69, 9.17) is 9.47 Å². The van der Waals surface area contributed by atoms with E-state index in [2.05, 4.69) is 43.5 Å². The van der Waals surface area contributed by atoms with E-state index in [-0.39, 0.29) is 0 Å². The Kier molecular flexibility index (Phi) is 6.60. The summed E-state index contributed by atoms with van der Waals surface area (Å²) in [5, 5.41) is 0. The molecule has 3 heteroatoms. The second-order valence-electron chi connectivity index (χ2n) is 5.26. The van der Waals surface area contributed by atoms with E-state index in [0.29, 0.717) is 0 Å². The molecule has 2 rings (SSSR count). The first-order chi connectivity index (χ1) is 11.2. The van der Waals surface area contributed by atoms with Gasteiger partial charge in [0, 0.05) is 4.90 Å². The minimum atomic E-state index is 0.880. The fourth-order valence-corrected chi connectivity index (χ4v) is 3.13. The van der Waals surface area contributed by atoms with Crippen LogP contribution in [0.4, 0.5) is 0 Å². The second-order valence-corrected chi connectivity index (χ2v) is 6.11. The lowest BCUT2D eigenvalue weighted by Gasteiger charge is -2.13. The fourth-order valence-electron chi connectivity index (χ4n) is 2.52. The average Bonchev–Trinajstić information content (AvgIpc) is 2.61. The lowest BCUT2D eigenvalue weighted by Crippen LogP contribution is -1.92. The van der Waals surface area contributed by atoms with Crippen molar-refractivity contribution in [2.24, 2.45) is 0 Å². The summed E-state index contributed by atoms with van der Waals surface area (Å²) in [6, 6.07) is 14.5. The zero-order valence-corrected chi connectivity index (χ0v) is 15.1. The number of allylic oxidation sites excluding steroid dienone is 1. The zero-order valence-electron chi connectivity index (χ0n) is 14.3. The Morgan fingerprint density at radius 3 is 2.22 bits per heavy atom. The third kappa shape index (κ3) is 4.55. The molecule has 0 aliphatic carbocycles. The van der Waals surface area contributed by atoms with Gasteiger partial charge in [0.2, 0.25) is 0 Å². The number of thioether (sulfide) groups is 1. The molecule has 0 saturated heterocycles. The molecule has 0 radical (unpaired) electrons. The summed E-state index contributed by atoms with van der Waals surface area (Å²) in [6.45, 7) is 2.21. The van der Waals surface area contributed by atoms with E-state index >= 15 is 0 Å². The van der Waals surface area contributed by atoms with Crippen LogP contribution in [0, 0.1) is 0 Å². The van der Waals surface area contributed by atoms with Gasteiger partial charge in [-0.25, -0.2) is 0 Å². The van der Waals surface area contributed by atoms with Crippen molar-refractivity contribution in [2.45, 2.75) is 24.7 Å². The van der Waals surface area contributed by atoms with Gasteiger partial charge in [-0.2, -0.15) is 0 Å². The van der Waals surface area contributed by atoms with Crippen LogP contribution in [-0.4, -0.2) is 20.5 Å². The molecule has 0 aliphatic rings. The Hall–Kier alpha value is -1.87. The maximum Gasteiger partial charge on any atom is 0.119 e. The van der Waals surface area contributed by atoms with Crippen LogP contribution < -0.4 is 9.47 Å². The smallest absolute Gasteiger partial charge is 0.119 e. The Morgan fingerprint density at radius 1 is 1.00 bits per heavy atom. The molecule has 2 aromatic carbocycles. The molecule has 0 spiro atoms. The molecule has 0 bridgehead atoms. The molecule has 0 fully saturated rings. The van der Waals surface area contributed by atoms with Crippen molar-refractivity contribution in [2.75, 3.05) is 20.5 Å². The van der Waals surface area contributed by atoms with Gasteiger partial charge in [-0.3, -0.25) is 0 Å². The predicted molar refractivity (Wildman–Crippen MR) is 101 cm³/mol. The minimum Gasteiger partial charge on any atom is -0.497 e. The highest BCUT2D eigenvalue weighted by Gasteiger charge is 2.09.